The number of hydrogen-bond acceptors (Lipinski definition) is 4. The molecule has 5 heteroatoms. The zero-order valence-electron chi connectivity index (χ0n) is 13.2. The molecule has 4 nitrogen and oxygen atoms in total. The van der Waals surface area contributed by atoms with Crippen molar-refractivity contribution in [1.29, 1.82) is 5.26 Å². The van der Waals surface area contributed by atoms with Crippen LogP contribution in [0.15, 0.2) is 30.3 Å². The highest BCUT2D eigenvalue weighted by Gasteiger charge is 2.13. The van der Waals surface area contributed by atoms with Crippen LogP contribution in [0.5, 0.6) is 0 Å². The number of amides is 1. The van der Waals surface area contributed by atoms with Crippen molar-refractivity contribution >= 4 is 28.7 Å². The van der Waals surface area contributed by atoms with E-state index in [2.05, 4.69) is 11.4 Å². The van der Waals surface area contributed by atoms with Crippen LogP contribution in [0.1, 0.15) is 38.5 Å². The minimum atomic E-state index is -0.184. The van der Waals surface area contributed by atoms with Gasteiger partial charge >= 0.3 is 0 Å². The molecule has 0 saturated carbocycles. The average molecular weight is 326 g/mol. The second-order valence-corrected chi connectivity index (χ2v) is 6.79. The Morgan fingerprint density at radius 2 is 1.87 bits per heavy atom. The van der Waals surface area contributed by atoms with Crippen molar-refractivity contribution in [2.45, 2.75) is 33.1 Å². The van der Waals surface area contributed by atoms with Crippen LogP contribution in [-0.4, -0.2) is 11.7 Å². The Morgan fingerprint density at radius 1 is 1.17 bits per heavy atom. The van der Waals surface area contributed by atoms with E-state index >= 15 is 0 Å². The van der Waals surface area contributed by atoms with Crippen LogP contribution in [0.4, 0.5) is 5.69 Å². The van der Waals surface area contributed by atoms with E-state index in [9.17, 15) is 9.59 Å². The highest BCUT2D eigenvalue weighted by atomic mass is 32.1. The van der Waals surface area contributed by atoms with Crippen LogP contribution in [0.3, 0.4) is 0 Å². The number of rotatable bonds is 6. The highest BCUT2D eigenvalue weighted by Crippen LogP contribution is 2.22. The largest absolute Gasteiger partial charge is 0.326 e. The molecule has 2 rings (SSSR count). The molecule has 0 aliphatic rings. The van der Waals surface area contributed by atoms with Crippen LogP contribution < -0.4 is 5.32 Å². The molecule has 118 valence electrons. The van der Waals surface area contributed by atoms with E-state index in [4.69, 9.17) is 5.26 Å². The van der Waals surface area contributed by atoms with Gasteiger partial charge in [0.1, 0.15) is 0 Å². The molecule has 1 aromatic heterocycles. The zero-order valence-corrected chi connectivity index (χ0v) is 14.0. The maximum absolute atomic E-state index is 12.1. The van der Waals surface area contributed by atoms with Crippen molar-refractivity contribution in [3.63, 3.8) is 0 Å². The Balaban J connectivity index is 1.86. The van der Waals surface area contributed by atoms with Gasteiger partial charge in [-0.3, -0.25) is 9.59 Å². The van der Waals surface area contributed by atoms with E-state index in [1.54, 1.807) is 23.5 Å². The Bertz CT molecular complexity index is 754. The summed E-state index contributed by atoms with van der Waals surface area (Å²) in [6.07, 6.45) is 0.713. The van der Waals surface area contributed by atoms with Crippen LogP contribution in [0.2, 0.25) is 0 Å². The fourth-order valence-corrected chi connectivity index (χ4v) is 3.23. The normalized spacial score (nSPS) is 10.1. The van der Waals surface area contributed by atoms with Crippen molar-refractivity contribution in [1.82, 2.24) is 0 Å². The average Bonchev–Trinajstić information content (AvgIpc) is 2.86. The fourth-order valence-electron chi connectivity index (χ4n) is 2.29. The summed E-state index contributed by atoms with van der Waals surface area (Å²) in [4.78, 5) is 26.2. The number of hydrogen-bond donors (Lipinski definition) is 1. The van der Waals surface area contributed by atoms with Crippen LogP contribution in [0, 0.1) is 25.2 Å². The summed E-state index contributed by atoms with van der Waals surface area (Å²) in [6.45, 7) is 3.89. The summed E-state index contributed by atoms with van der Waals surface area (Å²) >= 11 is 1.60. The number of Topliss-reactive ketones (excluding diaryl/α,β-unsaturated/α-hetero) is 1. The number of carbonyl (C=O) groups excluding carboxylic acids is 2. The number of nitriles is 1. The number of carbonyl (C=O) groups is 2. The summed E-state index contributed by atoms with van der Waals surface area (Å²) in [5, 5.41) is 11.4. The number of nitrogens with one attached hydrogen (secondary N) is 1. The van der Waals surface area contributed by atoms with E-state index in [-0.39, 0.29) is 24.5 Å². The molecule has 1 amide bonds. The molecule has 0 aliphatic carbocycles. The molecule has 0 atom stereocenters. The van der Waals surface area contributed by atoms with Crippen LogP contribution >= 0.6 is 11.3 Å². The number of nitrogens with zero attached hydrogens (tertiary/aromatic N) is 1. The fraction of sp³-hybridized carbons (Fsp3) is 0.278. The lowest BCUT2D eigenvalue weighted by Crippen LogP contribution is -2.13. The summed E-state index contributed by atoms with van der Waals surface area (Å²) in [6, 6.07) is 11.1. The standard InChI is InChI=1S/C18H18N2O2S/c1-12-11-16(13(2)23-12)17(21)7-8-18(22)20-15-5-3-14(4-6-15)9-10-19/h3-6,11H,7-9H2,1-2H3,(H,20,22). The third-order valence-corrected chi connectivity index (χ3v) is 4.41. The highest BCUT2D eigenvalue weighted by molar-refractivity contribution is 7.12. The maximum atomic E-state index is 12.1. The number of benzene rings is 1. The van der Waals surface area contributed by atoms with Gasteiger partial charge in [0.15, 0.2) is 5.78 Å². The summed E-state index contributed by atoms with van der Waals surface area (Å²) in [7, 11) is 0. The lowest BCUT2D eigenvalue weighted by molar-refractivity contribution is -0.116. The molecule has 0 unspecified atom stereocenters. The maximum Gasteiger partial charge on any atom is 0.224 e. The van der Waals surface area contributed by atoms with Gasteiger partial charge in [-0.15, -0.1) is 11.3 Å². The zero-order chi connectivity index (χ0) is 16.8. The molecule has 0 spiro atoms. The van der Waals surface area contributed by atoms with E-state index < -0.39 is 0 Å². The van der Waals surface area contributed by atoms with Gasteiger partial charge in [-0.25, -0.2) is 0 Å². The van der Waals surface area contributed by atoms with Crippen molar-refractivity contribution in [3.8, 4) is 6.07 Å². The monoisotopic (exact) mass is 326 g/mol. The first-order valence-electron chi connectivity index (χ1n) is 7.35. The summed E-state index contributed by atoms with van der Waals surface area (Å²) in [5.41, 5.74) is 2.30. The van der Waals surface area contributed by atoms with Crippen molar-refractivity contribution in [3.05, 3.63) is 51.2 Å². The predicted molar refractivity (Wildman–Crippen MR) is 91.7 cm³/mol. The molecule has 1 N–H and O–H groups in total. The van der Waals surface area contributed by atoms with Gasteiger partial charge in [0, 0.05) is 33.8 Å². The third-order valence-electron chi connectivity index (χ3n) is 3.44. The lowest BCUT2D eigenvalue weighted by Gasteiger charge is -2.05. The van der Waals surface area contributed by atoms with Gasteiger partial charge in [-0.05, 0) is 37.6 Å². The molecule has 2 aromatic rings. The first-order chi connectivity index (χ1) is 11.0. The molecule has 1 heterocycles. The molecule has 0 radical (unpaired) electrons. The number of anilines is 1. The van der Waals surface area contributed by atoms with Crippen molar-refractivity contribution in [2.24, 2.45) is 0 Å². The van der Waals surface area contributed by atoms with Gasteiger partial charge in [-0.2, -0.15) is 5.26 Å². The molecule has 23 heavy (non-hydrogen) atoms. The molecular formula is C18H18N2O2S. The minimum absolute atomic E-state index is 0.00590. The number of thiophene rings is 1. The molecular weight excluding hydrogens is 308 g/mol. The lowest BCUT2D eigenvalue weighted by atomic mass is 10.1. The van der Waals surface area contributed by atoms with Gasteiger partial charge in [0.25, 0.3) is 0 Å². The molecule has 0 saturated heterocycles. The first kappa shape index (κ1) is 16.9. The predicted octanol–water partition coefficient (Wildman–Crippen LogP) is 4.03. The van der Waals surface area contributed by atoms with E-state index in [0.29, 0.717) is 12.1 Å². The van der Waals surface area contributed by atoms with E-state index in [1.165, 1.54) is 0 Å². The second kappa shape index (κ2) is 7.70. The summed E-state index contributed by atoms with van der Waals surface area (Å²) < 4.78 is 0. The van der Waals surface area contributed by atoms with E-state index in [0.717, 1.165) is 20.9 Å². The molecule has 0 bridgehead atoms. The Labute approximate surface area is 139 Å². The number of ketones is 1. The van der Waals surface area contributed by atoms with Crippen LogP contribution in [-0.2, 0) is 11.2 Å². The van der Waals surface area contributed by atoms with Crippen LogP contribution in [0.25, 0.3) is 0 Å². The quantitative estimate of drug-likeness (QED) is 0.815. The Kier molecular flexibility index (Phi) is 5.67. The van der Waals surface area contributed by atoms with Gasteiger partial charge in [0.2, 0.25) is 5.91 Å². The van der Waals surface area contributed by atoms with E-state index in [1.807, 2.05) is 32.0 Å². The third kappa shape index (κ3) is 4.76. The van der Waals surface area contributed by atoms with Crippen molar-refractivity contribution < 1.29 is 9.59 Å². The Hall–Kier alpha value is -2.45. The topological polar surface area (TPSA) is 70.0 Å². The van der Waals surface area contributed by atoms with Gasteiger partial charge in [-0.1, -0.05) is 12.1 Å². The number of aryl methyl sites for hydroxylation is 2. The SMILES string of the molecule is Cc1cc(C(=O)CCC(=O)Nc2ccc(CC#N)cc2)c(C)s1. The summed E-state index contributed by atoms with van der Waals surface area (Å²) in [5.74, 6) is -0.178. The Morgan fingerprint density at radius 3 is 2.43 bits per heavy atom. The van der Waals surface area contributed by atoms with Gasteiger partial charge in [0.05, 0.1) is 12.5 Å². The first-order valence-corrected chi connectivity index (χ1v) is 8.17. The molecule has 1 aromatic carbocycles. The molecule has 0 aliphatic heterocycles. The van der Waals surface area contributed by atoms with Gasteiger partial charge < -0.3 is 5.32 Å². The van der Waals surface area contributed by atoms with Crippen molar-refractivity contribution in [2.75, 3.05) is 5.32 Å². The second-order valence-electron chi connectivity index (χ2n) is 5.33. The smallest absolute Gasteiger partial charge is 0.224 e. The molecule has 0 fully saturated rings. The minimum Gasteiger partial charge on any atom is -0.326 e.